The van der Waals surface area contributed by atoms with Crippen molar-refractivity contribution in [1.29, 1.82) is 0 Å². The summed E-state index contributed by atoms with van der Waals surface area (Å²) in [6.07, 6.45) is 0. The molecule has 0 saturated carbocycles. The van der Waals surface area contributed by atoms with Crippen LogP contribution < -0.4 is 5.73 Å². The first kappa shape index (κ1) is 12.6. The molecular formula is C14H22N2O. The van der Waals surface area contributed by atoms with Gasteiger partial charge in [-0.15, -0.1) is 0 Å². The summed E-state index contributed by atoms with van der Waals surface area (Å²) in [4.78, 5) is 2.43. The highest BCUT2D eigenvalue weighted by Gasteiger charge is 2.26. The minimum atomic E-state index is 0.336. The van der Waals surface area contributed by atoms with Crippen molar-refractivity contribution in [2.45, 2.75) is 26.1 Å². The van der Waals surface area contributed by atoms with Gasteiger partial charge in [0.05, 0.1) is 6.61 Å². The van der Waals surface area contributed by atoms with Crippen LogP contribution >= 0.6 is 0 Å². The van der Waals surface area contributed by atoms with E-state index in [0.717, 1.165) is 19.6 Å². The third-order valence-corrected chi connectivity index (χ3v) is 3.49. The maximum atomic E-state index is 6.03. The monoisotopic (exact) mass is 234 g/mol. The van der Waals surface area contributed by atoms with E-state index in [4.69, 9.17) is 10.5 Å². The van der Waals surface area contributed by atoms with E-state index in [2.05, 4.69) is 36.1 Å². The van der Waals surface area contributed by atoms with E-state index in [0.29, 0.717) is 18.6 Å². The van der Waals surface area contributed by atoms with Crippen LogP contribution in [0.2, 0.25) is 0 Å². The molecular weight excluding hydrogens is 212 g/mol. The van der Waals surface area contributed by atoms with Crippen molar-refractivity contribution in [3.63, 3.8) is 0 Å². The highest BCUT2D eigenvalue weighted by atomic mass is 16.5. The lowest BCUT2D eigenvalue weighted by molar-refractivity contribution is 0.185. The zero-order valence-corrected chi connectivity index (χ0v) is 10.7. The van der Waals surface area contributed by atoms with Crippen LogP contribution in [0.4, 0.5) is 0 Å². The normalized spacial score (nSPS) is 25.4. The number of rotatable bonds is 4. The second-order valence-electron chi connectivity index (χ2n) is 5.08. The summed E-state index contributed by atoms with van der Waals surface area (Å²) in [5, 5.41) is 0. The molecule has 2 rings (SSSR count). The average molecular weight is 234 g/mol. The Kier molecular flexibility index (Phi) is 4.15. The standard InChI is InChI=1S/C14H22N2O/c1-11-7-16(9-14(11)15)8-12-3-5-13(6-4-12)10-17-2/h3-6,11,14H,7-10,15H2,1-2H3. The quantitative estimate of drug-likeness (QED) is 0.860. The number of nitrogens with two attached hydrogens (primary N) is 1. The van der Waals surface area contributed by atoms with E-state index in [1.807, 2.05) is 0 Å². The predicted molar refractivity (Wildman–Crippen MR) is 69.6 cm³/mol. The second-order valence-corrected chi connectivity index (χ2v) is 5.08. The van der Waals surface area contributed by atoms with Crippen LogP contribution in [0.25, 0.3) is 0 Å². The van der Waals surface area contributed by atoms with Crippen molar-refractivity contribution in [2.24, 2.45) is 11.7 Å². The molecule has 0 bridgehead atoms. The van der Waals surface area contributed by atoms with Gasteiger partial charge in [-0.2, -0.15) is 0 Å². The zero-order valence-electron chi connectivity index (χ0n) is 10.7. The summed E-state index contributed by atoms with van der Waals surface area (Å²) >= 11 is 0. The van der Waals surface area contributed by atoms with E-state index >= 15 is 0 Å². The number of benzene rings is 1. The Bertz CT molecular complexity index is 340. The van der Waals surface area contributed by atoms with Crippen LogP contribution in [0.15, 0.2) is 24.3 Å². The molecule has 1 fully saturated rings. The molecule has 2 unspecified atom stereocenters. The fourth-order valence-corrected chi connectivity index (χ4v) is 2.39. The van der Waals surface area contributed by atoms with Gasteiger partial charge in [0, 0.05) is 32.8 Å². The van der Waals surface area contributed by atoms with Gasteiger partial charge >= 0.3 is 0 Å². The maximum Gasteiger partial charge on any atom is 0.0713 e. The molecule has 1 heterocycles. The molecule has 1 aliphatic rings. The molecule has 1 aromatic carbocycles. The number of ether oxygens (including phenoxy) is 1. The van der Waals surface area contributed by atoms with E-state index in [-0.39, 0.29) is 0 Å². The Hall–Kier alpha value is -0.900. The molecule has 17 heavy (non-hydrogen) atoms. The lowest BCUT2D eigenvalue weighted by Gasteiger charge is -2.15. The Morgan fingerprint density at radius 3 is 2.41 bits per heavy atom. The van der Waals surface area contributed by atoms with E-state index in [9.17, 15) is 0 Å². The third-order valence-electron chi connectivity index (χ3n) is 3.49. The number of hydrogen-bond donors (Lipinski definition) is 1. The van der Waals surface area contributed by atoms with E-state index < -0.39 is 0 Å². The molecule has 0 aliphatic carbocycles. The molecule has 1 aliphatic heterocycles. The zero-order chi connectivity index (χ0) is 12.3. The van der Waals surface area contributed by atoms with Gasteiger partial charge in [-0.3, -0.25) is 4.90 Å². The first-order valence-corrected chi connectivity index (χ1v) is 6.23. The summed E-state index contributed by atoms with van der Waals surface area (Å²) in [6.45, 7) is 6.05. The molecule has 0 spiro atoms. The lowest BCUT2D eigenvalue weighted by atomic mass is 10.1. The van der Waals surface area contributed by atoms with Crippen LogP contribution in [0.1, 0.15) is 18.1 Å². The van der Waals surface area contributed by atoms with Crippen LogP contribution in [0, 0.1) is 5.92 Å². The molecule has 3 nitrogen and oxygen atoms in total. The lowest BCUT2D eigenvalue weighted by Crippen LogP contribution is -2.28. The van der Waals surface area contributed by atoms with Gasteiger partial charge in [0.25, 0.3) is 0 Å². The first-order valence-electron chi connectivity index (χ1n) is 6.23. The second kappa shape index (κ2) is 5.63. The van der Waals surface area contributed by atoms with Crippen molar-refractivity contribution in [3.8, 4) is 0 Å². The molecule has 0 amide bonds. The Morgan fingerprint density at radius 1 is 1.24 bits per heavy atom. The van der Waals surface area contributed by atoms with Crippen molar-refractivity contribution >= 4 is 0 Å². The topological polar surface area (TPSA) is 38.5 Å². The molecule has 0 radical (unpaired) electrons. The Labute approximate surface area is 104 Å². The molecule has 1 aromatic rings. The predicted octanol–water partition coefficient (Wildman–Crippen LogP) is 1.61. The van der Waals surface area contributed by atoms with Crippen molar-refractivity contribution in [1.82, 2.24) is 4.90 Å². The number of nitrogens with zero attached hydrogens (tertiary/aromatic N) is 1. The van der Waals surface area contributed by atoms with Gasteiger partial charge in [0.1, 0.15) is 0 Å². The third kappa shape index (κ3) is 3.28. The molecule has 1 saturated heterocycles. The van der Waals surface area contributed by atoms with Crippen LogP contribution in [-0.4, -0.2) is 31.1 Å². The summed E-state index contributed by atoms with van der Waals surface area (Å²) < 4.78 is 5.10. The van der Waals surface area contributed by atoms with Crippen molar-refractivity contribution in [3.05, 3.63) is 35.4 Å². The number of methoxy groups -OCH3 is 1. The average Bonchev–Trinajstić information content (AvgIpc) is 2.61. The van der Waals surface area contributed by atoms with Gasteiger partial charge in [-0.1, -0.05) is 31.2 Å². The first-order chi connectivity index (χ1) is 8.19. The largest absolute Gasteiger partial charge is 0.380 e. The van der Waals surface area contributed by atoms with Gasteiger partial charge in [0.2, 0.25) is 0 Å². The molecule has 2 atom stereocenters. The van der Waals surface area contributed by atoms with E-state index in [1.165, 1.54) is 11.1 Å². The smallest absolute Gasteiger partial charge is 0.0713 e. The summed E-state index contributed by atoms with van der Waals surface area (Å²) in [5.41, 5.74) is 8.61. The maximum absolute atomic E-state index is 6.03. The minimum absolute atomic E-state index is 0.336. The van der Waals surface area contributed by atoms with Crippen LogP contribution in [0.5, 0.6) is 0 Å². The SMILES string of the molecule is COCc1ccc(CN2CC(C)C(N)C2)cc1. The number of hydrogen-bond acceptors (Lipinski definition) is 3. The summed E-state index contributed by atoms with van der Waals surface area (Å²) in [5.74, 6) is 0.614. The number of likely N-dealkylation sites (tertiary alicyclic amines) is 1. The Morgan fingerprint density at radius 2 is 1.88 bits per heavy atom. The highest BCUT2D eigenvalue weighted by molar-refractivity contribution is 5.22. The van der Waals surface area contributed by atoms with Gasteiger partial charge in [-0.25, -0.2) is 0 Å². The minimum Gasteiger partial charge on any atom is -0.380 e. The Balaban J connectivity index is 1.91. The molecule has 2 N–H and O–H groups in total. The summed E-state index contributed by atoms with van der Waals surface area (Å²) in [6, 6.07) is 8.98. The van der Waals surface area contributed by atoms with Crippen LogP contribution in [0.3, 0.4) is 0 Å². The fraction of sp³-hybridized carbons (Fsp3) is 0.571. The van der Waals surface area contributed by atoms with Gasteiger partial charge < -0.3 is 10.5 Å². The highest BCUT2D eigenvalue weighted by Crippen LogP contribution is 2.17. The fourth-order valence-electron chi connectivity index (χ4n) is 2.39. The van der Waals surface area contributed by atoms with Gasteiger partial charge in [-0.05, 0) is 17.0 Å². The molecule has 94 valence electrons. The molecule has 3 heteroatoms. The van der Waals surface area contributed by atoms with Crippen LogP contribution in [-0.2, 0) is 17.9 Å². The molecule has 0 aromatic heterocycles. The van der Waals surface area contributed by atoms with Crippen molar-refractivity contribution in [2.75, 3.05) is 20.2 Å². The van der Waals surface area contributed by atoms with E-state index in [1.54, 1.807) is 7.11 Å². The van der Waals surface area contributed by atoms with Gasteiger partial charge in [0.15, 0.2) is 0 Å². The van der Waals surface area contributed by atoms with Crippen molar-refractivity contribution < 1.29 is 4.74 Å². The summed E-state index contributed by atoms with van der Waals surface area (Å²) in [7, 11) is 1.72.